The molecule has 0 saturated heterocycles. The van der Waals surface area contributed by atoms with Crippen molar-refractivity contribution < 1.29 is 4.57 Å². The highest BCUT2D eigenvalue weighted by Crippen LogP contribution is 2.60. The maximum absolute atomic E-state index is 12.9. The standard InChI is InChI=1S/C18H23OPS/c1-3-5-7-12-16-20(19,17-13-8-6-4-2)21-18-14-10-9-11-15-18/h9-11,14-15H,3-8H2,1-2H3. The minimum atomic E-state index is -2.83. The second-order valence-corrected chi connectivity index (χ2v) is 9.03. The Hall–Kier alpha value is -1.08. The monoisotopic (exact) mass is 318 g/mol. The highest BCUT2D eigenvalue weighted by Gasteiger charge is 2.17. The zero-order valence-electron chi connectivity index (χ0n) is 12.9. The third-order valence-electron chi connectivity index (χ3n) is 2.74. The fraction of sp³-hybridized carbons (Fsp3) is 0.444. The van der Waals surface area contributed by atoms with Crippen molar-refractivity contribution in [3.63, 3.8) is 0 Å². The zero-order chi connectivity index (χ0) is 15.4. The number of hydrogen-bond donors (Lipinski definition) is 0. The zero-order valence-corrected chi connectivity index (χ0v) is 14.6. The predicted molar refractivity (Wildman–Crippen MR) is 94.5 cm³/mol. The second-order valence-electron chi connectivity index (χ2n) is 4.74. The van der Waals surface area contributed by atoms with E-state index in [1.807, 2.05) is 30.3 Å². The third-order valence-corrected chi connectivity index (χ3v) is 6.34. The number of benzene rings is 1. The Morgan fingerprint density at radius 1 is 0.952 bits per heavy atom. The first kappa shape index (κ1) is 18.0. The lowest BCUT2D eigenvalue weighted by atomic mass is 10.3. The molecule has 0 atom stereocenters. The summed E-state index contributed by atoms with van der Waals surface area (Å²) in [6, 6.07) is 9.76. The van der Waals surface area contributed by atoms with E-state index in [0.29, 0.717) is 0 Å². The molecule has 0 N–H and O–H groups in total. The summed E-state index contributed by atoms with van der Waals surface area (Å²) in [5, 5.41) is 0. The molecule has 1 aromatic rings. The summed E-state index contributed by atoms with van der Waals surface area (Å²) in [7, 11) is 0. The summed E-state index contributed by atoms with van der Waals surface area (Å²) >= 11 is 1.32. The molecular formula is C18H23OPS. The summed E-state index contributed by atoms with van der Waals surface area (Å²) < 4.78 is 12.9. The molecule has 0 aliphatic heterocycles. The molecule has 0 aliphatic rings. The average molecular weight is 318 g/mol. The first-order chi connectivity index (χ1) is 10.2. The van der Waals surface area contributed by atoms with Gasteiger partial charge in [-0.05, 0) is 47.7 Å². The highest BCUT2D eigenvalue weighted by molar-refractivity contribution is 8.61. The molecule has 0 fully saturated rings. The van der Waals surface area contributed by atoms with E-state index in [0.717, 1.165) is 43.4 Å². The van der Waals surface area contributed by atoms with E-state index in [1.165, 1.54) is 11.4 Å². The molecule has 0 radical (unpaired) electrons. The van der Waals surface area contributed by atoms with Crippen LogP contribution < -0.4 is 0 Å². The van der Waals surface area contributed by atoms with Crippen molar-refractivity contribution in [1.82, 2.24) is 0 Å². The smallest absolute Gasteiger partial charge is 0.279 e. The maximum Gasteiger partial charge on any atom is 0.279 e. The lowest BCUT2D eigenvalue weighted by Crippen LogP contribution is -1.74. The SMILES string of the molecule is CCCCC#CP(=O)(C#CCCCC)Sc1ccccc1. The fourth-order valence-electron chi connectivity index (χ4n) is 1.55. The lowest BCUT2D eigenvalue weighted by molar-refractivity contribution is 0.596. The van der Waals surface area contributed by atoms with Gasteiger partial charge in [-0.15, -0.1) is 0 Å². The Morgan fingerprint density at radius 3 is 1.95 bits per heavy atom. The minimum Gasteiger partial charge on any atom is -0.284 e. The van der Waals surface area contributed by atoms with Crippen LogP contribution in [0.25, 0.3) is 0 Å². The number of hydrogen-bond acceptors (Lipinski definition) is 2. The summed E-state index contributed by atoms with van der Waals surface area (Å²) in [6.07, 6.45) is 3.07. The number of rotatable bonds is 6. The highest BCUT2D eigenvalue weighted by atomic mass is 32.7. The van der Waals surface area contributed by atoms with Crippen LogP contribution in [0.4, 0.5) is 0 Å². The van der Waals surface area contributed by atoms with Gasteiger partial charge >= 0.3 is 0 Å². The first-order valence-corrected chi connectivity index (χ1v) is 10.7. The molecule has 112 valence electrons. The summed E-state index contributed by atoms with van der Waals surface area (Å²) in [5.74, 6) is 6.10. The van der Waals surface area contributed by atoms with E-state index in [9.17, 15) is 4.57 Å². The largest absolute Gasteiger partial charge is 0.284 e. The molecule has 1 rings (SSSR count). The lowest BCUT2D eigenvalue weighted by Gasteiger charge is -2.04. The van der Waals surface area contributed by atoms with Crippen LogP contribution >= 0.6 is 17.7 Å². The van der Waals surface area contributed by atoms with Crippen LogP contribution in [0.3, 0.4) is 0 Å². The van der Waals surface area contributed by atoms with Gasteiger partial charge in [0.05, 0.1) is 0 Å². The molecule has 0 aliphatic carbocycles. The van der Waals surface area contributed by atoms with Crippen molar-refractivity contribution in [2.45, 2.75) is 57.3 Å². The molecule has 0 amide bonds. The molecule has 0 spiro atoms. The Morgan fingerprint density at radius 2 is 1.48 bits per heavy atom. The Labute approximate surface area is 133 Å². The van der Waals surface area contributed by atoms with Gasteiger partial charge in [0.25, 0.3) is 6.34 Å². The quantitative estimate of drug-likeness (QED) is 0.345. The second kappa shape index (κ2) is 10.6. The average Bonchev–Trinajstić information content (AvgIpc) is 2.49. The van der Waals surface area contributed by atoms with Gasteiger partial charge in [-0.25, -0.2) is 0 Å². The van der Waals surface area contributed by atoms with E-state index in [4.69, 9.17) is 0 Å². The van der Waals surface area contributed by atoms with Crippen LogP contribution in [0.1, 0.15) is 52.4 Å². The predicted octanol–water partition coefficient (Wildman–Crippen LogP) is 6.36. The van der Waals surface area contributed by atoms with E-state index >= 15 is 0 Å². The molecule has 0 bridgehead atoms. The minimum absolute atomic E-state index is 0.798. The summed E-state index contributed by atoms with van der Waals surface area (Å²) in [4.78, 5) is 0.968. The van der Waals surface area contributed by atoms with Gasteiger partial charge in [-0.3, -0.25) is 4.57 Å². The van der Waals surface area contributed by atoms with Crippen molar-refractivity contribution in [2.75, 3.05) is 0 Å². The van der Waals surface area contributed by atoms with Crippen molar-refractivity contribution in [3.05, 3.63) is 30.3 Å². The molecule has 0 unspecified atom stereocenters. The van der Waals surface area contributed by atoms with Gasteiger partial charge in [-0.2, -0.15) is 0 Å². The van der Waals surface area contributed by atoms with Crippen LogP contribution in [0.15, 0.2) is 35.2 Å². The van der Waals surface area contributed by atoms with E-state index in [-0.39, 0.29) is 0 Å². The maximum atomic E-state index is 12.9. The van der Waals surface area contributed by atoms with Crippen molar-refractivity contribution in [2.24, 2.45) is 0 Å². The Bertz CT molecular complexity index is 542. The molecule has 1 nitrogen and oxygen atoms in total. The van der Waals surface area contributed by atoms with Gasteiger partial charge < -0.3 is 0 Å². The van der Waals surface area contributed by atoms with Gasteiger partial charge in [0.2, 0.25) is 0 Å². The van der Waals surface area contributed by atoms with E-state index in [1.54, 1.807) is 0 Å². The van der Waals surface area contributed by atoms with Crippen LogP contribution in [-0.2, 0) is 4.57 Å². The summed E-state index contributed by atoms with van der Waals surface area (Å²) in [6.45, 7) is 4.26. The van der Waals surface area contributed by atoms with Gasteiger partial charge in [0, 0.05) is 17.7 Å². The summed E-state index contributed by atoms with van der Waals surface area (Å²) in [5.41, 5.74) is 5.90. The van der Waals surface area contributed by atoms with Crippen molar-refractivity contribution in [3.8, 4) is 23.2 Å². The van der Waals surface area contributed by atoms with Crippen LogP contribution in [0.5, 0.6) is 0 Å². The molecule has 0 aromatic heterocycles. The van der Waals surface area contributed by atoms with Crippen LogP contribution in [0.2, 0.25) is 0 Å². The van der Waals surface area contributed by atoms with E-state index < -0.39 is 6.34 Å². The van der Waals surface area contributed by atoms with Crippen molar-refractivity contribution in [1.29, 1.82) is 0 Å². The Kier molecular flexibility index (Phi) is 9.09. The van der Waals surface area contributed by atoms with Gasteiger partial charge in [0.15, 0.2) is 0 Å². The number of unbranched alkanes of at least 4 members (excludes halogenated alkanes) is 4. The molecule has 3 heteroatoms. The molecule has 1 aromatic carbocycles. The molecule has 0 heterocycles. The first-order valence-electron chi connectivity index (χ1n) is 7.55. The third kappa shape index (κ3) is 8.06. The molecule has 0 saturated carbocycles. The van der Waals surface area contributed by atoms with Crippen molar-refractivity contribution >= 4 is 17.7 Å². The van der Waals surface area contributed by atoms with E-state index in [2.05, 4.69) is 37.0 Å². The Balaban J connectivity index is 2.83. The fourth-order valence-corrected chi connectivity index (χ4v) is 4.83. The molecular weight excluding hydrogens is 295 g/mol. The van der Waals surface area contributed by atoms with Gasteiger partial charge in [-0.1, -0.05) is 56.7 Å². The van der Waals surface area contributed by atoms with Crippen LogP contribution in [0, 0.1) is 23.2 Å². The molecule has 21 heavy (non-hydrogen) atoms. The van der Waals surface area contributed by atoms with Crippen LogP contribution in [-0.4, -0.2) is 0 Å². The van der Waals surface area contributed by atoms with Gasteiger partial charge in [0.1, 0.15) is 0 Å². The normalized spacial score (nSPS) is 10.2. The topological polar surface area (TPSA) is 17.1 Å².